The molecule has 35 heavy (non-hydrogen) atoms. The fourth-order valence-electron chi connectivity index (χ4n) is 4.07. The highest BCUT2D eigenvalue weighted by Crippen LogP contribution is 2.25. The average molecular weight is 494 g/mol. The molecular weight excluding hydrogens is 466 g/mol. The van der Waals surface area contributed by atoms with Crippen molar-refractivity contribution in [2.24, 2.45) is 0 Å². The van der Waals surface area contributed by atoms with E-state index in [1.807, 2.05) is 18.2 Å². The molecule has 0 saturated carbocycles. The second-order valence-electron chi connectivity index (χ2n) is 8.03. The van der Waals surface area contributed by atoms with E-state index in [1.54, 1.807) is 36.1 Å². The van der Waals surface area contributed by atoms with Crippen LogP contribution in [-0.4, -0.2) is 52.9 Å². The van der Waals surface area contributed by atoms with Crippen LogP contribution in [0.1, 0.15) is 39.6 Å². The molecule has 0 saturated heterocycles. The van der Waals surface area contributed by atoms with E-state index in [1.165, 1.54) is 18.9 Å². The number of H-pyrrole nitrogens is 1. The molecule has 8 nitrogen and oxygen atoms in total. The van der Waals surface area contributed by atoms with Crippen molar-refractivity contribution in [3.8, 4) is 0 Å². The first-order valence-electron chi connectivity index (χ1n) is 11.3. The molecule has 0 aliphatic rings. The Morgan fingerprint density at radius 3 is 2.71 bits per heavy atom. The van der Waals surface area contributed by atoms with Crippen LogP contribution < -0.4 is 5.56 Å². The third kappa shape index (κ3) is 5.01. The van der Waals surface area contributed by atoms with Crippen LogP contribution in [-0.2, 0) is 22.4 Å². The maximum atomic E-state index is 13.3. The fraction of sp³-hybridized carbons (Fsp3) is 0.308. The van der Waals surface area contributed by atoms with Crippen LogP contribution >= 0.6 is 11.8 Å². The summed E-state index contributed by atoms with van der Waals surface area (Å²) in [7, 11) is 2.91. The molecule has 4 rings (SSSR count). The summed E-state index contributed by atoms with van der Waals surface area (Å²) in [5.74, 6) is -0.453. The third-order valence-electron chi connectivity index (χ3n) is 5.89. The van der Waals surface area contributed by atoms with Crippen LogP contribution in [0, 0.1) is 0 Å². The first-order chi connectivity index (χ1) is 17.0. The number of esters is 1. The van der Waals surface area contributed by atoms with E-state index in [9.17, 15) is 14.4 Å². The molecule has 0 fully saturated rings. The molecule has 182 valence electrons. The summed E-state index contributed by atoms with van der Waals surface area (Å²) in [5, 5.41) is 1.71. The van der Waals surface area contributed by atoms with Gasteiger partial charge in [-0.25, -0.2) is 9.78 Å². The Morgan fingerprint density at radius 1 is 1.14 bits per heavy atom. The van der Waals surface area contributed by atoms with Crippen LogP contribution in [0.3, 0.4) is 0 Å². The number of aromatic amines is 1. The molecule has 0 bridgehead atoms. The lowest BCUT2D eigenvalue weighted by atomic mass is 10.1. The summed E-state index contributed by atoms with van der Waals surface area (Å²) in [5.41, 5.74) is 3.21. The summed E-state index contributed by atoms with van der Waals surface area (Å²) >= 11 is 1.21. The van der Waals surface area contributed by atoms with Gasteiger partial charge in [0.2, 0.25) is 0 Å². The Hall–Kier alpha value is -3.43. The molecule has 0 atom stereocenters. The number of fused-ring (bicyclic) bond motifs is 2. The number of benzene rings is 2. The van der Waals surface area contributed by atoms with Gasteiger partial charge in [0.15, 0.2) is 10.9 Å². The minimum atomic E-state index is -0.506. The molecule has 4 aromatic rings. The highest BCUT2D eigenvalue weighted by Gasteiger charge is 2.18. The lowest BCUT2D eigenvalue weighted by molar-refractivity contribution is 0.0600. The summed E-state index contributed by atoms with van der Waals surface area (Å²) in [6.45, 7) is 2.97. The number of ketones is 1. The third-order valence-corrected chi connectivity index (χ3v) is 6.86. The van der Waals surface area contributed by atoms with Gasteiger partial charge in [-0.15, -0.1) is 0 Å². The number of nitrogens with zero attached hydrogens (tertiary/aromatic N) is 2. The van der Waals surface area contributed by atoms with Crippen molar-refractivity contribution >= 4 is 45.3 Å². The van der Waals surface area contributed by atoms with Crippen molar-refractivity contribution in [2.75, 3.05) is 26.6 Å². The van der Waals surface area contributed by atoms with Gasteiger partial charge in [0.1, 0.15) is 0 Å². The van der Waals surface area contributed by atoms with E-state index in [4.69, 9.17) is 9.47 Å². The number of carbonyl (C=O) groups excluding carboxylic acids is 2. The van der Waals surface area contributed by atoms with Crippen molar-refractivity contribution in [3.05, 3.63) is 69.6 Å². The van der Waals surface area contributed by atoms with Crippen molar-refractivity contribution < 1.29 is 19.1 Å². The summed E-state index contributed by atoms with van der Waals surface area (Å²) in [4.78, 5) is 46.3. The van der Waals surface area contributed by atoms with Crippen LogP contribution in [0.15, 0.2) is 52.5 Å². The Balaban J connectivity index is 1.68. The second-order valence-corrected chi connectivity index (χ2v) is 8.97. The van der Waals surface area contributed by atoms with Crippen LogP contribution in [0.5, 0.6) is 0 Å². The number of ether oxygens (including phenoxy) is 2. The van der Waals surface area contributed by atoms with Gasteiger partial charge in [-0.05, 0) is 36.6 Å². The smallest absolute Gasteiger partial charge is 0.337 e. The monoisotopic (exact) mass is 493 g/mol. The van der Waals surface area contributed by atoms with Crippen molar-refractivity contribution in [1.29, 1.82) is 0 Å². The molecule has 0 aliphatic heterocycles. The van der Waals surface area contributed by atoms with Crippen LogP contribution in [0.25, 0.3) is 21.8 Å². The number of hydrogen-bond donors (Lipinski definition) is 1. The number of para-hydroxylation sites is 1. The van der Waals surface area contributed by atoms with E-state index >= 15 is 0 Å². The average Bonchev–Trinajstić information content (AvgIpc) is 3.32. The standard InChI is InChI=1S/C26H27N3O5S/c1-4-16-7-5-8-18-20(14-27-23(16)18)22(30)15-35-26-28-21-13-17(25(32)34-3)9-10-19(21)24(31)29(26)11-6-12-33-2/h5,7-10,13-14,27H,4,6,11-12,15H2,1-3H3. The fourth-order valence-corrected chi connectivity index (χ4v) is 4.98. The minimum Gasteiger partial charge on any atom is -0.465 e. The molecule has 9 heteroatoms. The lowest BCUT2D eigenvalue weighted by Gasteiger charge is -2.13. The van der Waals surface area contributed by atoms with E-state index in [0.717, 1.165) is 22.9 Å². The molecule has 0 radical (unpaired) electrons. The first-order valence-corrected chi connectivity index (χ1v) is 12.3. The number of methoxy groups -OCH3 is 2. The minimum absolute atomic E-state index is 0.0596. The Labute approximate surface area is 206 Å². The lowest BCUT2D eigenvalue weighted by Crippen LogP contribution is -2.24. The topological polar surface area (TPSA) is 103 Å². The Kier molecular flexibility index (Phi) is 7.67. The van der Waals surface area contributed by atoms with Gasteiger partial charge in [-0.2, -0.15) is 0 Å². The van der Waals surface area contributed by atoms with Gasteiger partial charge in [0, 0.05) is 42.9 Å². The molecule has 0 spiro atoms. The number of aromatic nitrogens is 3. The first kappa shape index (κ1) is 24.7. The molecule has 0 unspecified atom stereocenters. The van der Waals surface area contributed by atoms with Crippen molar-refractivity contribution in [3.63, 3.8) is 0 Å². The Bertz CT molecular complexity index is 1460. The summed E-state index contributed by atoms with van der Waals surface area (Å²) < 4.78 is 11.5. The molecule has 0 amide bonds. The van der Waals surface area contributed by atoms with Crippen molar-refractivity contribution in [2.45, 2.75) is 31.5 Å². The SMILES string of the molecule is CCc1cccc2c(C(=O)CSc3nc4cc(C(=O)OC)ccc4c(=O)n3CCCOC)c[nH]c12. The predicted octanol–water partition coefficient (Wildman–Crippen LogP) is 4.24. The quantitative estimate of drug-likeness (QED) is 0.116. The number of aryl methyl sites for hydroxylation is 1. The van der Waals surface area contributed by atoms with Crippen LogP contribution in [0.2, 0.25) is 0 Å². The number of nitrogens with one attached hydrogen (secondary N) is 1. The predicted molar refractivity (Wildman–Crippen MR) is 137 cm³/mol. The molecule has 1 N–H and O–H groups in total. The highest BCUT2D eigenvalue weighted by molar-refractivity contribution is 7.99. The summed E-state index contributed by atoms with van der Waals surface area (Å²) in [6, 6.07) is 10.6. The normalized spacial score (nSPS) is 11.3. The van der Waals surface area contributed by atoms with Gasteiger partial charge in [0.25, 0.3) is 5.56 Å². The van der Waals surface area contributed by atoms with E-state index in [0.29, 0.717) is 46.8 Å². The molecule has 2 aromatic carbocycles. The second kappa shape index (κ2) is 10.9. The van der Waals surface area contributed by atoms with Gasteiger partial charge in [-0.3, -0.25) is 14.2 Å². The maximum Gasteiger partial charge on any atom is 0.337 e. The molecule has 2 aromatic heterocycles. The maximum absolute atomic E-state index is 13.3. The number of thioether (sulfide) groups is 1. The number of rotatable bonds is 10. The molecule has 0 aliphatic carbocycles. The van der Waals surface area contributed by atoms with E-state index in [2.05, 4.69) is 16.9 Å². The zero-order valence-corrected chi connectivity index (χ0v) is 20.7. The van der Waals surface area contributed by atoms with E-state index in [-0.39, 0.29) is 17.1 Å². The van der Waals surface area contributed by atoms with Gasteiger partial charge < -0.3 is 14.5 Å². The molecular formula is C26H27N3O5S. The zero-order chi connectivity index (χ0) is 24.9. The highest BCUT2D eigenvalue weighted by atomic mass is 32.2. The van der Waals surface area contributed by atoms with Crippen molar-refractivity contribution in [1.82, 2.24) is 14.5 Å². The van der Waals surface area contributed by atoms with E-state index < -0.39 is 5.97 Å². The number of carbonyl (C=O) groups is 2. The largest absolute Gasteiger partial charge is 0.465 e. The van der Waals surface area contributed by atoms with Gasteiger partial charge >= 0.3 is 5.97 Å². The van der Waals surface area contributed by atoms with Crippen LogP contribution in [0.4, 0.5) is 0 Å². The number of Topliss-reactive ketones (excluding diaryl/α,β-unsaturated/α-hetero) is 1. The molecule has 2 heterocycles. The summed E-state index contributed by atoms with van der Waals surface area (Å²) in [6.07, 6.45) is 3.23. The van der Waals surface area contributed by atoms with Gasteiger partial charge in [-0.1, -0.05) is 36.9 Å². The Morgan fingerprint density at radius 2 is 1.97 bits per heavy atom. The zero-order valence-electron chi connectivity index (χ0n) is 19.9. The van der Waals surface area contributed by atoms with Gasteiger partial charge in [0.05, 0.1) is 29.3 Å². The number of hydrogen-bond acceptors (Lipinski definition) is 7.